The van der Waals surface area contributed by atoms with Gasteiger partial charge in [0.2, 0.25) is 5.95 Å². The first-order valence-electron chi connectivity index (χ1n) is 7.43. The van der Waals surface area contributed by atoms with E-state index in [1.54, 1.807) is 13.8 Å². The molecule has 130 valence electrons. The summed E-state index contributed by atoms with van der Waals surface area (Å²) in [6, 6.07) is 4.66. The maximum atomic E-state index is 13.0. The number of rotatable bonds is 3. The highest BCUT2D eigenvalue weighted by Crippen LogP contribution is 2.33. The highest BCUT2D eigenvalue weighted by molar-refractivity contribution is 6.08. The molecule has 0 saturated heterocycles. The Morgan fingerprint density at radius 2 is 2.04 bits per heavy atom. The van der Waals surface area contributed by atoms with Crippen LogP contribution in [0.3, 0.4) is 0 Å². The van der Waals surface area contributed by atoms with Crippen molar-refractivity contribution in [2.24, 2.45) is 0 Å². The quantitative estimate of drug-likeness (QED) is 0.862. The van der Waals surface area contributed by atoms with Gasteiger partial charge in [-0.1, -0.05) is 29.4 Å². The molecule has 1 unspecified atom stereocenters. The van der Waals surface area contributed by atoms with E-state index in [0.717, 1.165) is 12.1 Å². The molecule has 6 nitrogen and oxygen atoms in total. The SMILES string of the molecule is CC1=C(C(=O)/C=C/c2ccccc2C(F)(F)F)C(C)n2nnnc2N1. The minimum atomic E-state index is -4.49. The summed E-state index contributed by atoms with van der Waals surface area (Å²) in [5.41, 5.74) is 0.0950. The summed E-state index contributed by atoms with van der Waals surface area (Å²) in [7, 11) is 0. The molecule has 0 spiro atoms. The molecule has 0 saturated carbocycles. The molecule has 0 amide bonds. The second kappa shape index (κ2) is 6.15. The summed E-state index contributed by atoms with van der Waals surface area (Å²) in [4.78, 5) is 12.5. The van der Waals surface area contributed by atoms with Crippen molar-refractivity contribution in [1.29, 1.82) is 0 Å². The lowest BCUT2D eigenvalue weighted by molar-refractivity contribution is -0.137. The third-order valence-corrected chi connectivity index (χ3v) is 3.93. The van der Waals surface area contributed by atoms with Crippen molar-refractivity contribution in [2.75, 3.05) is 5.32 Å². The van der Waals surface area contributed by atoms with Gasteiger partial charge in [0.15, 0.2) is 5.78 Å². The summed E-state index contributed by atoms with van der Waals surface area (Å²) in [5.74, 6) is 0.00331. The van der Waals surface area contributed by atoms with E-state index in [0.29, 0.717) is 17.2 Å². The second-order valence-electron chi connectivity index (χ2n) is 5.57. The monoisotopic (exact) mass is 349 g/mol. The molecule has 1 aromatic carbocycles. The number of nitrogens with zero attached hydrogens (tertiary/aromatic N) is 4. The van der Waals surface area contributed by atoms with Crippen LogP contribution in [0.5, 0.6) is 0 Å². The highest BCUT2D eigenvalue weighted by Gasteiger charge is 2.32. The Hall–Kier alpha value is -2.97. The fourth-order valence-electron chi connectivity index (χ4n) is 2.75. The molecular weight excluding hydrogens is 335 g/mol. The van der Waals surface area contributed by atoms with Crippen molar-refractivity contribution in [1.82, 2.24) is 20.2 Å². The molecule has 2 heterocycles. The zero-order chi connectivity index (χ0) is 18.2. The molecule has 0 aliphatic carbocycles. The van der Waals surface area contributed by atoms with Crippen LogP contribution in [-0.2, 0) is 11.0 Å². The Labute approximate surface area is 141 Å². The number of ketones is 1. The molecule has 1 N–H and O–H groups in total. The van der Waals surface area contributed by atoms with Gasteiger partial charge in [-0.05, 0) is 42.0 Å². The van der Waals surface area contributed by atoms with Gasteiger partial charge < -0.3 is 5.32 Å². The molecule has 0 bridgehead atoms. The fourth-order valence-corrected chi connectivity index (χ4v) is 2.75. The first-order valence-corrected chi connectivity index (χ1v) is 7.43. The van der Waals surface area contributed by atoms with Gasteiger partial charge in [-0.15, -0.1) is 0 Å². The number of carbonyl (C=O) groups excluding carboxylic acids is 1. The van der Waals surface area contributed by atoms with Crippen molar-refractivity contribution < 1.29 is 18.0 Å². The Bertz CT molecular complexity index is 882. The van der Waals surface area contributed by atoms with Crippen molar-refractivity contribution in [2.45, 2.75) is 26.1 Å². The number of nitrogens with one attached hydrogen (secondary N) is 1. The summed E-state index contributed by atoms with van der Waals surface area (Å²) in [6.07, 6.45) is -2.18. The predicted molar refractivity (Wildman–Crippen MR) is 84.3 cm³/mol. The van der Waals surface area contributed by atoms with Crippen LogP contribution in [0.1, 0.15) is 31.0 Å². The standard InChI is InChI=1S/C16H14F3N5O/c1-9-14(10(2)24-15(20-9)21-22-23-24)13(25)8-7-11-5-3-4-6-12(11)16(17,18)19/h3-8,10H,1-2H3,(H,20,21,23)/b8-7+. The molecule has 0 fully saturated rings. The highest BCUT2D eigenvalue weighted by atomic mass is 19.4. The summed E-state index contributed by atoms with van der Waals surface area (Å²) in [5, 5.41) is 14.0. The lowest BCUT2D eigenvalue weighted by Crippen LogP contribution is -2.25. The molecular formula is C16H14F3N5O. The number of halogens is 3. The Balaban J connectivity index is 1.90. The lowest BCUT2D eigenvalue weighted by atomic mass is 9.98. The van der Waals surface area contributed by atoms with E-state index < -0.39 is 23.6 Å². The van der Waals surface area contributed by atoms with Crippen LogP contribution in [0, 0.1) is 0 Å². The third-order valence-electron chi connectivity index (χ3n) is 3.93. The number of hydrogen-bond donors (Lipinski definition) is 1. The number of benzene rings is 1. The largest absolute Gasteiger partial charge is 0.416 e. The van der Waals surface area contributed by atoms with Crippen LogP contribution in [0.2, 0.25) is 0 Å². The van der Waals surface area contributed by atoms with Crippen LogP contribution >= 0.6 is 0 Å². The van der Waals surface area contributed by atoms with Crippen LogP contribution in [-0.4, -0.2) is 26.0 Å². The van der Waals surface area contributed by atoms with Crippen molar-refractivity contribution in [3.8, 4) is 0 Å². The average molecular weight is 349 g/mol. The van der Waals surface area contributed by atoms with E-state index in [1.165, 1.54) is 29.0 Å². The first-order chi connectivity index (χ1) is 11.8. The number of tetrazole rings is 1. The van der Waals surface area contributed by atoms with Crippen LogP contribution in [0.15, 0.2) is 41.6 Å². The Morgan fingerprint density at radius 1 is 1.32 bits per heavy atom. The predicted octanol–water partition coefficient (Wildman–Crippen LogP) is 3.23. The number of hydrogen-bond acceptors (Lipinski definition) is 5. The molecule has 25 heavy (non-hydrogen) atoms. The van der Waals surface area contributed by atoms with E-state index in [2.05, 4.69) is 20.8 Å². The lowest BCUT2D eigenvalue weighted by Gasteiger charge is -2.23. The number of alkyl halides is 3. The van der Waals surface area contributed by atoms with Crippen LogP contribution in [0.4, 0.5) is 19.1 Å². The van der Waals surface area contributed by atoms with Crippen molar-refractivity contribution >= 4 is 17.8 Å². The average Bonchev–Trinajstić information content (AvgIpc) is 3.01. The van der Waals surface area contributed by atoms with Crippen LogP contribution in [0.25, 0.3) is 6.08 Å². The van der Waals surface area contributed by atoms with Gasteiger partial charge in [-0.2, -0.15) is 13.2 Å². The summed E-state index contributed by atoms with van der Waals surface area (Å²) >= 11 is 0. The summed E-state index contributed by atoms with van der Waals surface area (Å²) in [6.45, 7) is 3.44. The van der Waals surface area contributed by atoms with Crippen molar-refractivity contribution in [3.05, 3.63) is 52.7 Å². The van der Waals surface area contributed by atoms with Gasteiger partial charge in [0.05, 0.1) is 11.6 Å². The normalized spacial score (nSPS) is 17.6. The topological polar surface area (TPSA) is 72.7 Å². The minimum Gasteiger partial charge on any atom is -0.327 e. The number of allylic oxidation sites excluding steroid dienone is 3. The van der Waals surface area contributed by atoms with Gasteiger partial charge in [-0.25, -0.2) is 4.68 Å². The van der Waals surface area contributed by atoms with E-state index in [9.17, 15) is 18.0 Å². The molecule has 0 radical (unpaired) electrons. The zero-order valence-corrected chi connectivity index (χ0v) is 13.4. The first kappa shape index (κ1) is 16.9. The summed E-state index contributed by atoms with van der Waals surface area (Å²) < 4.78 is 40.5. The van der Waals surface area contributed by atoms with E-state index >= 15 is 0 Å². The molecule has 1 aliphatic rings. The minimum absolute atomic E-state index is 0.0684. The number of fused-ring (bicyclic) bond motifs is 1. The van der Waals surface area contributed by atoms with Gasteiger partial charge in [-0.3, -0.25) is 4.79 Å². The Kier molecular flexibility index (Phi) is 4.15. The van der Waals surface area contributed by atoms with E-state index in [4.69, 9.17) is 0 Å². The van der Waals surface area contributed by atoms with Gasteiger partial charge in [0, 0.05) is 11.3 Å². The smallest absolute Gasteiger partial charge is 0.327 e. The number of anilines is 1. The second-order valence-corrected chi connectivity index (χ2v) is 5.57. The zero-order valence-electron chi connectivity index (χ0n) is 13.4. The molecule has 1 aliphatic heterocycles. The third kappa shape index (κ3) is 3.17. The van der Waals surface area contributed by atoms with Gasteiger partial charge in [0.1, 0.15) is 0 Å². The number of aromatic nitrogens is 4. The van der Waals surface area contributed by atoms with E-state index in [-0.39, 0.29) is 5.56 Å². The van der Waals surface area contributed by atoms with Crippen molar-refractivity contribution in [3.63, 3.8) is 0 Å². The fraction of sp³-hybridized carbons (Fsp3) is 0.250. The maximum absolute atomic E-state index is 13.0. The number of carbonyl (C=O) groups is 1. The van der Waals surface area contributed by atoms with Gasteiger partial charge >= 0.3 is 6.18 Å². The van der Waals surface area contributed by atoms with E-state index in [1.807, 2.05) is 0 Å². The molecule has 3 rings (SSSR count). The molecule has 2 aromatic rings. The Morgan fingerprint density at radius 3 is 2.76 bits per heavy atom. The molecule has 1 aromatic heterocycles. The van der Waals surface area contributed by atoms with Crippen LogP contribution < -0.4 is 5.32 Å². The molecule has 9 heteroatoms. The van der Waals surface area contributed by atoms with Gasteiger partial charge in [0.25, 0.3) is 0 Å². The molecule has 1 atom stereocenters. The maximum Gasteiger partial charge on any atom is 0.416 e.